The maximum absolute atomic E-state index is 12.3. The smallest absolute Gasteiger partial charge is 0.227 e. The summed E-state index contributed by atoms with van der Waals surface area (Å²) in [6.07, 6.45) is 5.69. The number of tetrazole rings is 1. The molecule has 0 unspecified atom stereocenters. The van der Waals surface area contributed by atoms with Gasteiger partial charge in [0, 0.05) is 23.5 Å². The van der Waals surface area contributed by atoms with Crippen LogP contribution in [-0.4, -0.2) is 26.5 Å². The summed E-state index contributed by atoms with van der Waals surface area (Å²) in [5.41, 5.74) is 2.77. The van der Waals surface area contributed by atoms with Crippen LogP contribution in [0.5, 0.6) is 0 Å². The molecule has 25 heavy (non-hydrogen) atoms. The number of benzene rings is 1. The number of carbonyl (C=O) groups is 1. The molecule has 2 aromatic rings. The molecule has 3 rings (SSSR count). The van der Waals surface area contributed by atoms with Gasteiger partial charge in [0.05, 0.1) is 0 Å². The second kappa shape index (κ2) is 7.57. The molecule has 8 heteroatoms. The Morgan fingerprint density at radius 3 is 2.88 bits per heavy atom. The number of aryl methyl sites for hydroxylation is 1. The number of nitrogens with one attached hydrogen (secondary N) is 3. The van der Waals surface area contributed by atoms with Crippen LogP contribution in [0.1, 0.15) is 37.1 Å². The van der Waals surface area contributed by atoms with Gasteiger partial charge in [-0.25, -0.2) is 0 Å². The number of aromatic nitrogens is 4. The van der Waals surface area contributed by atoms with E-state index in [4.69, 9.17) is 0 Å². The van der Waals surface area contributed by atoms with Gasteiger partial charge in [-0.1, -0.05) is 18.9 Å². The second-order valence-electron chi connectivity index (χ2n) is 6.05. The van der Waals surface area contributed by atoms with Crippen LogP contribution >= 0.6 is 0 Å². The van der Waals surface area contributed by atoms with Gasteiger partial charge in [-0.2, -0.15) is 10.5 Å². The van der Waals surface area contributed by atoms with Crippen molar-refractivity contribution < 1.29 is 4.79 Å². The van der Waals surface area contributed by atoms with Gasteiger partial charge in [-0.3, -0.25) is 4.79 Å². The SMILES string of the molecule is Cc1ccc(NC(=O)C2CCCC2)cc1NC=C(C#N)c1nn[nH]n1. The van der Waals surface area contributed by atoms with Crippen molar-refractivity contribution in [1.82, 2.24) is 20.6 Å². The molecule has 1 aliphatic rings. The fourth-order valence-electron chi connectivity index (χ4n) is 2.86. The Bertz CT molecular complexity index is 814. The molecule has 1 aliphatic carbocycles. The highest BCUT2D eigenvalue weighted by molar-refractivity contribution is 5.93. The molecule has 1 amide bonds. The predicted octanol–water partition coefficient (Wildman–Crippen LogP) is 2.61. The molecule has 3 N–H and O–H groups in total. The minimum atomic E-state index is 0.0763. The fourth-order valence-corrected chi connectivity index (χ4v) is 2.86. The number of anilines is 2. The number of hydrogen-bond acceptors (Lipinski definition) is 6. The van der Waals surface area contributed by atoms with E-state index in [9.17, 15) is 10.1 Å². The lowest BCUT2D eigenvalue weighted by atomic mass is 10.1. The highest BCUT2D eigenvalue weighted by atomic mass is 16.1. The lowest BCUT2D eigenvalue weighted by Crippen LogP contribution is -2.20. The highest BCUT2D eigenvalue weighted by Gasteiger charge is 2.22. The molecule has 0 aliphatic heterocycles. The number of allylic oxidation sites excluding steroid dienone is 1. The van der Waals surface area contributed by atoms with Gasteiger partial charge in [0.15, 0.2) is 0 Å². The summed E-state index contributed by atoms with van der Waals surface area (Å²) in [4.78, 5) is 12.3. The Kier molecular flexibility index (Phi) is 5.04. The molecular formula is C17H19N7O. The zero-order valence-corrected chi connectivity index (χ0v) is 13.9. The van der Waals surface area contributed by atoms with Crippen molar-refractivity contribution in [2.24, 2.45) is 5.92 Å². The van der Waals surface area contributed by atoms with Gasteiger partial charge in [0.25, 0.3) is 0 Å². The van der Waals surface area contributed by atoms with Crippen molar-refractivity contribution in [3.63, 3.8) is 0 Å². The largest absolute Gasteiger partial charge is 0.360 e. The summed E-state index contributed by atoms with van der Waals surface area (Å²) in [5.74, 6) is 0.409. The Morgan fingerprint density at radius 2 is 2.20 bits per heavy atom. The zero-order valence-electron chi connectivity index (χ0n) is 13.9. The molecule has 0 bridgehead atoms. The van der Waals surface area contributed by atoms with Crippen LogP contribution in [0.25, 0.3) is 5.57 Å². The van der Waals surface area contributed by atoms with Crippen molar-refractivity contribution in [3.8, 4) is 6.07 Å². The Morgan fingerprint density at radius 1 is 1.40 bits per heavy atom. The standard InChI is InChI=1S/C17H19N7O/c1-11-6-7-14(20-17(25)12-4-2-3-5-12)8-15(11)19-10-13(9-18)16-21-23-24-22-16/h6-8,10,12,19H,2-5H2,1H3,(H,20,25)(H,21,22,23,24). The van der Waals surface area contributed by atoms with E-state index in [0.717, 1.165) is 42.6 Å². The van der Waals surface area contributed by atoms with Crippen LogP contribution in [0.15, 0.2) is 24.4 Å². The fraction of sp³-hybridized carbons (Fsp3) is 0.353. The Balaban J connectivity index is 1.73. The van der Waals surface area contributed by atoms with E-state index in [2.05, 4.69) is 31.3 Å². The number of rotatable bonds is 5. The number of aromatic amines is 1. The van der Waals surface area contributed by atoms with Gasteiger partial charge in [-0.15, -0.1) is 10.2 Å². The van der Waals surface area contributed by atoms with Crippen molar-refractivity contribution in [2.75, 3.05) is 10.6 Å². The number of amides is 1. The van der Waals surface area contributed by atoms with Gasteiger partial charge in [0.1, 0.15) is 11.6 Å². The summed E-state index contributed by atoms with van der Waals surface area (Å²) in [6.45, 7) is 1.94. The number of carbonyl (C=O) groups excluding carboxylic acids is 1. The van der Waals surface area contributed by atoms with E-state index < -0.39 is 0 Å². The van der Waals surface area contributed by atoms with E-state index in [-0.39, 0.29) is 23.2 Å². The van der Waals surface area contributed by atoms with Gasteiger partial charge >= 0.3 is 0 Å². The van der Waals surface area contributed by atoms with E-state index >= 15 is 0 Å². The summed E-state index contributed by atoms with van der Waals surface area (Å²) in [6, 6.07) is 7.67. The second-order valence-corrected chi connectivity index (χ2v) is 6.05. The number of hydrogen-bond donors (Lipinski definition) is 3. The molecule has 8 nitrogen and oxygen atoms in total. The monoisotopic (exact) mass is 337 g/mol. The summed E-state index contributed by atoms with van der Waals surface area (Å²) in [7, 11) is 0. The average Bonchev–Trinajstić information content (AvgIpc) is 3.31. The third-order valence-electron chi connectivity index (χ3n) is 4.31. The first-order valence-electron chi connectivity index (χ1n) is 8.19. The van der Waals surface area contributed by atoms with E-state index in [1.54, 1.807) is 0 Å². The molecule has 1 fully saturated rings. The first-order chi connectivity index (χ1) is 12.2. The summed E-state index contributed by atoms with van der Waals surface area (Å²) >= 11 is 0. The predicted molar refractivity (Wildman–Crippen MR) is 93.2 cm³/mol. The number of nitriles is 1. The molecule has 1 heterocycles. The quantitative estimate of drug-likeness (QED) is 0.721. The summed E-state index contributed by atoms with van der Waals surface area (Å²) in [5, 5.41) is 28.6. The van der Waals surface area contributed by atoms with Crippen LogP contribution in [0.4, 0.5) is 11.4 Å². The first-order valence-corrected chi connectivity index (χ1v) is 8.19. The Hall–Kier alpha value is -3.21. The van der Waals surface area contributed by atoms with Gasteiger partial charge < -0.3 is 10.6 Å². The number of nitrogens with zero attached hydrogens (tertiary/aromatic N) is 4. The van der Waals surface area contributed by atoms with E-state index in [1.807, 2.05) is 31.2 Å². The molecule has 1 saturated carbocycles. The van der Waals surface area contributed by atoms with Gasteiger partial charge in [0.2, 0.25) is 11.7 Å². The third kappa shape index (κ3) is 4.01. The molecule has 0 saturated heterocycles. The molecule has 0 atom stereocenters. The van der Waals surface area contributed by atoms with Crippen molar-refractivity contribution in [2.45, 2.75) is 32.6 Å². The maximum Gasteiger partial charge on any atom is 0.227 e. The van der Waals surface area contributed by atoms with Crippen LogP contribution in [0.3, 0.4) is 0 Å². The van der Waals surface area contributed by atoms with Crippen LogP contribution in [0, 0.1) is 24.2 Å². The van der Waals surface area contributed by atoms with E-state index in [1.165, 1.54) is 6.20 Å². The molecule has 1 aromatic heterocycles. The van der Waals surface area contributed by atoms with Crippen LogP contribution in [-0.2, 0) is 4.79 Å². The lowest BCUT2D eigenvalue weighted by Gasteiger charge is -2.13. The first kappa shape index (κ1) is 16.6. The molecule has 128 valence electrons. The average molecular weight is 337 g/mol. The van der Waals surface area contributed by atoms with Crippen molar-refractivity contribution in [3.05, 3.63) is 35.8 Å². The molecule has 1 aromatic carbocycles. The molecular weight excluding hydrogens is 318 g/mol. The minimum Gasteiger partial charge on any atom is -0.360 e. The maximum atomic E-state index is 12.3. The van der Waals surface area contributed by atoms with Crippen molar-refractivity contribution in [1.29, 1.82) is 5.26 Å². The zero-order chi connectivity index (χ0) is 17.6. The molecule has 0 radical (unpaired) electrons. The van der Waals surface area contributed by atoms with E-state index in [0.29, 0.717) is 0 Å². The molecule has 0 spiro atoms. The topological polar surface area (TPSA) is 119 Å². The minimum absolute atomic E-state index is 0.0763. The highest BCUT2D eigenvalue weighted by Crippen LogP contribution is 2.27. The number of H-pyrrole nitrogens is 1. The van der Waals surface area contributed by atoms with Gasteiger partial charge in [-0.05, 0) is 42.7 Å². The van der Waals surface area contributed by atoms with Crippen LogP contribution in [0.2, 0.25) is 0 Å². The normalized spacial score (nSPS) is 15.0. The van der Waals surface area contributed by atoms with Crippen molar-refractivity contribution >= 4 is 22.9 Å². The Labute approximate surface area is 145 Å². The summed E-state index contributed by atoms with van der Waals surface area (Å²) < 4.78 is 0. The lowest BCUT2D eigenvalue weighted by molar-refractivity contribution is -0.119. The van der Waals surface area contributed by atoms with Crippen LogP contribution < -0.4 is 10.6 Å². The third-order valence-corrected chi connectivity index (χ3v) is 4.31.